The fraction of sp³-hybridized carbons (Fsp3) is 0.200. The molecule has 0 aliphatic rings. The van der Waals surface area contributed by atoms with E-state index in [1.807, 2.05) is 0 Å². The van der Waals surface area contributed by atoms with Gasteiger partial charge in [0.15, 0.2) is 0 Å². The van der Waals surface area contributed by atoms with E-state index < -0.39 is 17.7 Å². The van der Waals surface area contributed by atoms with Gasteiger partial charge in [-0.25, -0.2) is 8.78 Å². The highest BCUT2D eigenvalue weighted by atomic mass is 35.5. The van der Waals surface area contributed by atoms with E-state index in [1.54, 1.807) is 18.2 Å². The number of rotatable bonds is 3. The van der Waals surface area contributed by atoms with Crippen molar-refractivity contribution in [2.75, 3.05) is 7.11 Å². The molecule has 0 aliphatic carbocycles. The Hall–Kier alpha value is -1.65. The van der Waals surface area contributed by atoms with Gasteiger partial charge in [0.25, 0.3) is 0 Å². The molecule has 20 heavy (non-hydrogen) atoms. The van der Waals surface area contributed by atoms with E-state index in [2.05, 4.69) is 0 Å². The Labute approximate surface area is 121 Å². The lowest BCUT2D eigenvalue weighted by Gasteiger charge is -2.17. The molecule has 2 nitrogen and oxygen atoms in total. The molecule has 2 N–H and O–H groups in total. The third-order valence-electron chi connectivity index (χ3n) is 3.14. The van der Waals surface area contributed by atoms with E-state index in [0.717, 1.165) is 12.1 Å². The molecule has 5 heteroatoms. The topological polar surface area (TPSA) is 35.2 Å². The molecular formula is C15H14ClF2NO. The van der Waals surface area contributed by atoms with E-state index in [9.17, 15) is 8.78 Å². The predicted octanol–water partition coefficient (Wildman–Crippen LogP) is 3.98. The van der Waals surface area contributed by atoms with Crippen molar-refractivity contribution < 1.29 is 13.5 Å². The van der Waals surface area contributed by atoms with Gasteiger partial charge < -0.3 is 10.5 Å². The average Bonchev–Trinajstić information content (AvgIpc) is 2.42. The molecule has 0 saturated carbocycles. The minimum absolute atomic E-state index is 0.0636. The summed E-state index contributed by atoms with van der Waals surface area (Å²) in [6.45, 7) is 1.49. The van der Waals surface area contributed by atoms with Crippen LogP contribution in [-0.4, -0.2) is 7.11 Å². The normalized spacial score (nSPS) is 12.3. The number of hydrogen-bond acceptors (Lipinski definition) is 2. The summed E-state index contributed by atoms with van der Waals surface area (Å²) in [4.78, 5) is 0. The quantitative estimate of drug-likeness (QED) is 0.930. The highest BCUT2D eigenvalue weighted by Gasteiger charge is 2.19. The Morgan fingerprint density at radius 2 is 1.80 bits per heavy atom. The summed E-state index contributed by atoms with van der Waals surface area (Å²) in [6, 6.07) is 6.24. The first-order chi connectivity index (χ1) is 9.43. The highest BCUT2D eigenvalue weighted by molar-refractivity contribution is 6.30. The van der Waals surface area contributed by atoms with Crippen molar-refractivity contribution in [3.63, 3.8) is 0 Å². The van der Waals surface area contributed by atoms with Gasteiger partial charge in [0.2, 0.25) is 0 Å². The summed E-state index contributed by atoms with van der Waals surface area (Å²) in [7, 11) is 1.48. The number of methoxy groups -OCH3 is 1. The Morgan fingerprint density at radius 1 is 1.10 bits per heavy atom. The van der Waals surface area contributed by atoms with Crippen LogP contribution in [0.3, 0.4) is 0 Å². The van der Waals surface area contributed by atoms with E-state index in [4.69, 9.17) is 22.1 Å². The number of nitrogens with two attached hydrogens (primary N) is 1. The van der Waals surface area contributed by atoms with Crippen LogP contribution in [0.1, 0.15) is 22.7 Å². The molecule has 1 unspecified atom stereocenters. The molecule has 0 fully saturated rings. The Balaban J connectivity index is 2.54. The molecule has 2 aromatic carbocycles. The fourth-order valence-electron chi connectivity index (χ4n) is 2.02. The summed E-state index contributed by atoms with van der Waals surface area (Å²) in [5.74, 6) is -0.585. The largest absolute Gasteiger partial charge is 0.496 e. The van der Waals surface area contributed by atoms with Gasteiger partial charge in [-0.05, 0) is 42.8 Å². The maximum absolute atomic E-state index is 14.0. The molecule has 0 heterocycles. The van der Waals surface area contributed by atoms with Crippen molar-refractivity contribution in [3.8, 4) is 5.75 Å². The summed E-state index contributed by atoms with van der Waals surface area (Å²) in [6.07, 6.45) is 0. The standard InChI is InChI=1S/C15H14ClF2NO/c1-8-5-13(18)10(7-12(8)17)15(19)11-6-9(16)3-4-14(11)20-2/h3-7,15H,19H2,1-2H3. The van der Waals surface area contributed by atoms with E-state index in [0.29, 0.717) is 16.3 Å². The van der Waals surface area contributed by atoms with E-state index >= 15 is 0 Å². The second-order valence-corrected chi connectivity index (χ2v) is 4.92. The lowest BCUT2D eigenvalue weighted by molar-refractivity contribution is 0.407. The first kappa shape index (κ1) is 14.8. The summed E-state index contributed by atoms with van der Waals surface area (Å²) < 4.78 is 32.8. The van der Waals surface area contributed by atoms with Crippen LogP contribution in [-0.2, 0) is 0 Å². The van der Waals surface area contributed by atoms with Gasteiger partial charge in [0.05, 0.1) is 13.2 Å². The Morgan fingerprint density at radius 3 is 2.45 bits per heavy atom. The van der Waals surface area contributed by atoms with Crippen molar-refractivity contribution in [2.24, 2.45) is 5.73 Å². The first-order valence-corrected chi connectivity index (χ1v) is 6.36. The molecular weight excluding hydrogens is 284 g/mol. The Bertz CT molecular complexity index is 646. The van der Waals surface area contributed by atoms with Gasteiger partial charge in [-0.2, -0.15) is 0 Å². The highest BCUT2D eigenvalue weighted by Crippen LogP contribution is 2.32. The molecule has 0 aromatic heterocycles. The Kier molecular flexibility index (Phi) is 4.26. The average molecular weight is 298 g/mol. The van der Waals surface area contributed by atoms with Crippen LogP contribution in [0.25, 0.3) is 0 Å². The third-order valence-corrected chi connectivity index (χ3v) is 3.37. The summed E-state index contributed by atoms with van der Waals surface area (Å²) in [5, 5.41) is 0.448. The van der Waals surface area contributed by atoms with Crippen molar-refractivity contribution >= 4 is 11.6 Å². The maximum atomic E-state index is 14.0. The van der Waals surface area contributed by atoms with Gasteiger partial charge in [-0.15, -0.1) is 0 Å². The molecule has 0 amide bonds. The van der Waals surface area contributed by atoms with Crippen LogP contribution in [0.15, 0.2) is 30.3 Å². The van der Waals surface area contributed by atoms with Crippen molar-refractivity contribution in [2.45, 2.75) is 13.0 Å². The van der Waals surface area contributed by atoms with Crippen molar-refractivity contribution in [3.05, 3.63) is 63.7 Å². The number of halogens is 3. The number of benzene rings is 2. The van der Waals surface area contributed by atoms with Gasteiger partial charge in [0.1, 0.15) is 17.4 Å². The van der Waals surface area contributed by atoms with Gasteiger partial charge in [-0.3, -0.25) is 0 Å². The maximum Gasteiger partial charge on any atom is 0.128 e. The minimum Gasteiger partial charge on any atom is -0.496 e. The van der Waals surface area contributed by atoms with Crippen molar-refractivity contribution in [1.29, 1.82) is 0 Å². The molecule has 2 aromatic rings. The van der Waals surface area contributed by atoms with Crippen LogP contribution >= 0.6 is 11.6 Å². The lowest BCUT2D eigenvalue weighted by atomic mass is 9.97. The molecule has 1 atom stereocenters. The molecule has 0 radical (unpaired) electrons. The number of hydrogen-bond donors (Lipinski definition) is 1. The van der Waals surface area contributed by atoms with E-state index in [1.165, 1.54) is 14.0 Å². The van der Waals surface area contributed by atoms with Crippen LogP contribution in [0.4, 0.5) is 8.78 Å². The zero-order chi connectivity index (χ0) is 14.9. The van der Waals surface area contributed by atoms with Gasteiger partial charge in [0, 0.05) is 16.1 Å². The van der Waals surface area contributed by atoms with Gasteiger partial charge in [-0.1, -0.05) is 11.6 Å². The zero-order valence-corrected chi connectivity index (χ0v) is 11.8. The second kappa shape index (κ2) is 5.77. The molecule has 0 aliphatic heterocycles. The predicted molar refractivity (Wildman–Crippen MR) is 75.1 cm³/mol. The van der Waals surface area contributed by atoms with Gasteiger partial charge >= 0.3 is 0 Å². The smallest absolute Gasteiger partial charge is 0.128 e. The number of ether oxygens (including phenoxy) is 1. The summed E-state index contributed by atoms with van der Waals surface area (Å²) >= 11 is 5.92. The van der Waals surface area contributed by atoms with Crippen LogP contribution in [0.2, 0.25) is 5.02 Å². The second-order valence-electron chi connectivity index (χ2n) is 4.49. The molecule has 0 spiro atoms. The third kappa shape index (κ3) is 2.76. The molecule has 0 saturated heterocycles. The summed E-state index contributed by atoms with van der Waals surface area (Å²) in [5.41, 5.74) is 6.83. The lowest BCUT2D eigenvalue weighted by Crippen LogP contribution is -2.15. The number of aryl methyl sites for hydroxylation is 1. The molecule has 106 valence electrons. The van der Waals surface area contributed by atoms with Crippen LogP contribution in [0, 0.1) is 18.6 Å². The zero-order valence-electron chi connectivity index (χ0n) is 11.1. The fourth-order valence-corrected chi connectivity index (χ4v) is 2.20. The van der Waals surface area contributed by atoms with Crippen molar-refractivity contribution in [1.82, 2.24) is 0 Å². The molecule has 0 bridgehead atoms. The van der Waals surface area contributed by atoms with Crippen LogP contribution in [0.5, 0.6) is 5.75 Å². The SMILES string of the molecule is COc1ccc(Cl)cc1C(N)c1cc(F)c(C)cc1F. The molecule has 2 rings (SSSR count). The van der Waals surface area contributed by atoms with E-state index in [-0.39, 0.29) is 11.1 Å². The first-order valence-electron chi connectivity index (χ1n) is 5.98. The minimum atomic E-state index is -0.862. The monoisotopic (exact) mass is 297 g/mol. The van der Waals surface area contributed by atoms with Crippen LogP contribution < -0.4 is 10.5 Å².